The van der Waals surface area contributed by atoms with Gasteiger partial charge in [-0.15, -0.1) is 0 Å². The van der Waals surface area contributed by atoms with Crippen molar-refractivity contribution in [3.05, 3.63) is 11.8 Å². The molecule has 0 saturated heterocycles. The highest BCUT2D eigenvalue weighted by Gasteiger charge is 2.18. The summed E-state index contributed by atoms with van der Waals surface area (Å²) >= 11 is 0. The van der Waals surface area contributed by atoms with Gasteiger partial charge in [0.15, 0.2) is 5.78 Å². The topological polar surface area (TPSA) is 52.9 Å². The Bertz CT molecular complexity index is 253. The Morgan fingerprint density at radius 1 is 1.54 bits per heavy atom. The molecule has 0 aromatic heterocycles. The highest BCUT2D eigenvalue weighted by Crippen LogP contribution is 2.15. The first-order valence-corrected chi connectivity index (χ1v) is 4.21. The molecular formula is C10H16N2O. The number of nitrogens with zero attached hydrogens (tertiary/aromatic N) is 1. The van der Waals surface area contributed by atoms with Crippen LogP contribution in [0.3, 0.4) is 0 Å². The fourth-order valence-electron chi connectivity index (χ4n) is 0.643. The summed E-state index contributed by atoms with van der Waals surface area (Å²) < 4.78 is 0. The van der Waals surface area contributed by atoms with E-state index in [-0.39, 0.29) is 17.7 Å². The molecule has 0 aliphatic rings. The predicted molar refractivity (Wildman–Crippen MR) is 51.8 cm³/mol. The molecule has 3 nitrogen and oxygen atoms in total. The van der Waals surface area contributed by atoms with Gasteiger partial charge in [-0.05, 0) is 6.92 Å². The first-order valence-electron chi connectivity index (χ1n) is 4.21. The van der Waals surface area contributed by atoms with E-state index < -0.39 is 0 Å². The molecule has 0 spiro atoms. The van der Waals surface area contributed by atoms with E-state index in [9.17, 15) is 4.79 Å². The second kappa shape index (κ2) is 4.66. The molecule has 0 atom stereocenters. The molecule has 0 saturated carbocycles. The molecule has 13 heavy (non-hydrogen) atoms. The highest BCUT2D eigenvalue weighted by atomic mass is 16.1. The van der Waals surface area contributed by atoms with E-state index in [4.69, 9.17) is 5.26 Å². The minimum Gasteiger partial charge on any atom is -0.376 e. The van der Waals surface area contributed by atoms with Gasteiger partial charge in [0.1, 0.15) is 6.54 Å². The van der Waals surface area contributed by atoms with Crippen molar-refractivity contribution in [2.75, 3.05) is 6.54 Å². The molecule has 0 aliphatic heterocycles. The van der Waals surface area contributed by atoms with E-state index in [1.54, 1.807) is 6.92 Å². The van der Waals surface area contributed by atoms with Crippen molar-refractivity contribution >= 4 is 5.78 Å². The molecule has 0 fully saturated rings. The van der Waals surface area contributed by atoms with Gasteiger partial charge in [0.25, 0.3) is 0 Å². The van der Waals surface area contributed by atoms with Gasteiger partial charge in [-0.2, -0.15) is 5.26 Å². The number of nitrogens with one attached hydrogen (secondary N) is 1. The van der Waals surface area contributed by atoms with Crippen LogP contribution in [0.25, 0.3) is 0 Å². The maximum absolute atomic E-state index is 11.4. The number of ketones is 1. The number of rotatable bonds is 3. The zero-order valence-corrected chi connectivity index (χ0v) is 8.64. The monoisotopic (exact) mass is 180 g/mol. The summed E-state index contributed by atoms with van der Waals surface area (Å²) in [6.07, 6.45) is 1.54. The van der Waals surface area contributed by atoms with E-state index in [0.717, 1.165) is 5.70 Å². The van der Waals surface area contributed by atoms with Crippen molar-refractivity contribution in [3.8, 4) is 6.07 Å². The van der Waals surface area contributed by atoms with Crippen LogP contribution in [-0.4, -0.2) is 12.3 Å². The second-order valence-electron chi connectivity index (χ2n) is 3.95. The van der Waals surface area contributed by atoms with Crippen LogP contribution in [0.15, 0.2) is 11.8 Å². The molecule has 1 N–H and O–H groups in total. The lowest BCUT2D eigenvalue weighted by Crippen LogP contribution is -2.20. The average Bonchev–Trinajstić information content (AvgIpc) is 1.99. The van der Waals surface area contributed by atoms with E-state index in [0.29, 0.717) is 0 Å². The summed E-state index contributed by atoms with van der Waals surface area (Å²) in [5.41, 5.74) is 0.386. The average molecular weight is 180 g/mol. The van der Waals surface area contributed by atoms with Crippen molar-refractivity contribution in [1.82, 2.24) is 5.32 Å². The Balaban J connectivity index is 4.25. The Morgan fingerprint density at radius 2 is 2.08 bits per heavy atom. The molecular weight excluding hydrogens is 164 g/mol. The van der Waals surface area contributed by atoms with Crippen LogP contribution in [0.2, 0.25) is 0 Å². The van der Waals surface area contributed by atoms with Crippen molar-refractivity contribution in [2.45, 2.75) is 27.7 Å². The summed E-state index contributed by atoms with van der Waals surface area (Å²) in [6.45, 7) is 7.61. The number of allylic oxidation sites excluding steroid dienone is 2. The van der Waals surface area contributed by atoms with Gasteiger partial charge in [-0.25, -0.2) is 0 Å². The molecule has 0 unspecified atom stereocenters. The molecule has 72 valence electrons. The van der Waals surface area contributed by atoms with E-state index >= 15 is 0 Å². The number of hydrogen-bond donors (Lipinski definition) is 1. The normalized spacial score (nSPS) is 12.1. The van der Waals surface area contributed by atoms with Crippen LogP contribution < -0.4 is 5.32 Å². The molecule has 3 heteroatoms. The summed E-state index contributed by atoms with van der Waals surface area (Å²) in [6, 6.07) is 1.95. The van der Waals surface area contributed by atoms with Crippen molar-refractivity contribution < 1.29 is 4.79 Å². The van der Waals surface area contributed by atoms with E-state index in [1.807, 2.05) is 26.8 Å². The van der Waals surface area contributed by atoms with Crippen molar-refractivity contribution in [3.63, 3.8) is 0 Å². The van der Waals surface area contributed by atoms with Crippen molar-refractivity contribution in [1.29, 1.82) is 5.26 Å². The lowest BCUT2D eigenvalue weighted by atomic mass is 9.90. The SMILES string of the molecule is C/C(=C/C(=O)C(C)(C)C)NCC#N. The summed E-state index contributed by atoms with van der Waals surface area (Å²) in [4.78, 5) is 11.4. The van der Waals surface area contributed by atoms with Gasteiger partial charge in [-0.1, -0.05) is 20.8 Å². The molecule has 0 aromatic rings. The molecule has 0 rings (SSSR count). The molecule has 0 aromatic carbocycles. The molecule has 0 aliphatic carbocycles. The number of carbonyl (C=O) groups excluding carboxylic acids is 1. The fraction of sp³-hybridized carbons (Fsp3) is 0.600. The maximum Gasteiger partial charge on any atom is 0.162 e. The van der Waals surface area contributed by atoms with Gasteiger partial charge < -0.3 is 5.32 Å². The first-order chi connectivity index (χ1) is 5.88. The Kier molecular flexibility index (Phi) is 4.19. The van der Waals surface area contributed by atoms with Crippen LogP contribution in [0.4, 0.5) is 0 Å². The zero-order valence-electron chi connectivity index (χ0n) is 8.64. The largest absolute Gasteiger partial charge is 0.376 e. The minimum absolute atomic E-state index is 0.0652. The third kappa shape index (κ3) is 5.02. The Labute approximate surface area is 79.4 Å². The van der Waals surface area contributed by atoms with Crippen LogP contribution >= 0.6 is 0 Å². The van der Waals surface area contributed by atoms with Crippen molar-refractivity contribution in [2.24, 2.45) is 5.41 Å². The van der Waals surface area contributed by atoms with Crippen LogP contribution in [0.5, 0.6) is 0 Å². The molecule has 0 radical (unpaired) electrons. The van der Waals surface area contributed by atoms with Gasteiger partial charge in [0, 0.05) is 17.2 Å². The number of carbonyl (C=O) groups is 1. The predicted octanol–water partition coefficient (Wildman–Crippen LogP) is 1.62. The van der Waals surface area contributed by atoms with Crippen LogP contribution in [-0.2, 0) is 4.79 Å². The van der Waals surface area contributed by atoms with Crippen LogP contribution in [0.1, 0.15) is 27.7 Å². The van der Waals surface area contributed by atoms with Gasteiger partial charge in [-0.3, -0.25) is 4.79 Å². The fourth-order valence-corrected chi connectivity index (χ4v) is 0.643. The lowest BCUT2D eigenvalue weighted by Gasteiger charge is -2.14. The summed E-state index contributed by atoms with van der Waals surface area (Å²) in [5, 5.41) is 11.1. The van der Waals surface area contributed by atoms with Gasteiger partial charge in [0.2, 0.25) is 0 Å². The number of nitriles is 1. The molecule has 0 bridgehead atoms. The smallest absolute Gasteiger partial charge is 0.162 e. The maximum atomic E-state index is 11.4. The van der Waals surface area contributed by atoms with Gasteiger partial charge in [0.05, 0.1) is 6.07 Å². The third-order valence-electron chi connectivity index (χ3n) is 1.53. The van der Waals surface area contributed by atoms with E-state index in [1.165, 1.54) is 6.08 Å². The van der Waals surface area contributed by atoms with Gasteiger partial charge >= 0.3 is 0 Å². The molecule has 0 heterocycles. The lowest BCUT2D eigenvalue weighted by molar-refractivity contribution is -0.121. The Hall–Kier alpha value is -1.30. The standard InChI is InChI=1S/C10H16N2O/c1-8(12-6-5-11)7-9(13)10(2,3)4/h7,12H,6H2,1-4H3/b8-7-. The quantitative estimate of drug-likeness (QED) is 0.530. The number of hydrogen-bond acceptors (Lipinski definition) is 3. The minimum atomic E-state index is -0.352. The zero-order chi connectivity index (χ0) is 10.5. The van der Waals surface area contributed by atoms with Crippen LogP contribution in [0, 0.1) is 16.7 Å². The summed E-state index contributed by atoms with van der Waals surface area (Å²) in [7, 11) is 0. The van der Waals surface area contributed by atoms with E-state index in [2.05, 4.69) is 5.32 Å². The third-order valence-corrected chi connectivity index (χ3v) is 1.53. The molecule has 0 amide bonds. The summed E-state index contributed by atoms with van der Waals surface area (Å²) in [5.74, 6) is 0.0652. The highest BCUT2D eigenvalue weighted by molar-refractivity contribution is 5.94. The Morgan fingerprint density at radius 3 is 2.46 bits per heavy atom. The first kappa shape index (κ1) is 11.7. The second-order valence-corrected chi connectivity index (χ2v) is 3.95.